The summed E-state index contributed by atoms with van der Waals surface area (Å²) in [7, 11) is 0. The Labute approximate surface area is 187 Å². The molecule has 0 spiro atoms. The van der Waals surface area contributed by atoms with E-state index >= 15 is 0 Å². The van der Waals surface area contributed by atoms with Gasteiger partial charge in [0.15, 0.2) is 0 Å². The minimum absolute atomic E-state index is 0.00803. The van der Waals surface area contributed by atoms with Crippen molar-refractivity contribution in [1.82, 2.24) is 20.4 Å². The fourth-order valence-electron chi connectivity index (χ4n) is 3.41. The highest BCUT2D eigenvalue weighted by atomic mass is 32.1. The number of amides is 2. The van der Waals surface area contributed by atoms with E-state index in [1.807, 2.05) is 44.2 Å². The van der Waals surface area contributed by atoms with Gasteiger partial charge in [0.25, 0.3) is 5.91 Å². The van der Waals surface area contributed by atoms with Gasteiger partial charge in [-0.25, -0.2) is 4.98 Å². The second-order valence-corrected chi connectivity index (χ2v) is 7.98. The summed E-state index contributed by atoms with van der Waals surface area (Å²) in [6.45, 7) is 6.03. The number of nitrogens with one attached hydrogen (secondary N) is 3. The lowest BCUT2D eigenvalue weighted by molar-refractivity contribution is -0.138. The van der Waals surface area contributed by atoms with Crippen molar-refractivity contribution in [3.8, 4) is 0 Å². The average molecular weight is 438 g/mol. The molecule has 162 valence electrons. The lowest BCUT2D eigenvalue weighted by Gasteiger charge is -2.27. The van der Waals surface area contributed by atoms with Gasteiger partial charge in [0, 0.05) is 11.5 Å². The van der Waals surface area contributed by atoms with Crippen LogP contribution in [-0.2, 0) is 11.3 Å². The molecule has 0 atom stereocenters. The summed E-state index contributed by atoms with van der Waals surface area (Å²) >= 11 is 5.15. The maximum absolute atomic E-state index is 12.9. The van der Waals surface area contributed by atoms with E-state index in [-0.39, 0.29) is 17.7 Å². The lowest BCUT2D eigenvalue weighted by Crippen LogP contribution is -2.46. The first kappa shape index (κ1) is 22.4. The summed E-state index contributed by atoms with van der Waals surface area (Å²) < 4.78 is 0. The minimum Gasteiger partial charge on any atom is -0.324 e. The number of para-hydroxylation sites is 2. The molecular weight excluding hydrogens is 410 g/mol. The first-order valence-electron chi connectivity index (χ1n) is 10.3. The Balaban J connectivity index is 1.76. The smallest absolute Gasteiger partial charge is 0.257 e. The number of benzene rings is 2. The number of imidazole rings is 1. The highest BCUT2D eigenvalue weighted by molar-refractivity contribution is 7.80. The van der Waals surface area contributed by atoms with Crippen LogP contribution in [0.25, 0.3) is 11.0 Å². The van der Waals surface area contributed by atoms with Gasteiger partial charge < -0.3 is 4.98 Å². The van der Waals surface area contributed by atoms with E-state index in [0.717, 1.165) is 29.4 Å². The molecule has 1 heterocycles. The third-order valence-electron chi connectivity index (χ3n) is 5.04. The van der Waals surface area contributed by atoms with Crippen molar-refractivity contribution in [2.75, 3.05) is 5.32 Å². The summed E-state index contributed by atoms with van der Waals surface area (Å²) in [6, 6.07) is 14.7. The Bertz CT molecular complexity index is 1060. The van der Waals surface area contributed by atoms with Crippen LogP contribution in [-0.4, -0.2) is 31.8 Å². The number of hydrogen-bond donors (Lipinski definition) is 3. The Morgan fingerprint density at radius 2 is 1.87 bits per heavy atom. The summed E-state index contributed by atoms with van der Waals surface area (Å²) in [5.41, 5.74) is 5.91. The zero-order valence-corrected chi connectivity index (χ0v) is 18.8. The lowest BCUT2D eigenvalue weighted by atomic mass is 10.0. The van der Waals surface area contributed by atoms with E-state index in [9.17, 15) is 9.59 Å². The number of hydrazine groups is 1. The highest BCUT2D eigenvalue weighted by Gasteiger charge is 2.22. The molecule has 0 aliphatic rings. The van der Waals surface area contributed by atoms with Crippen LogP contribution in [0, 0.1) is 5.92 Å². The van der Waals surface area contributed by atoms with Gasteiger partial charge in [0.05, 0.1) is 22.6 Å². The zero-order chi connectivity index (χ0) is 22.4. The number of anilines is 1. The molecule has 0 bridgehead atoms. The molecule has 2 amide bonds. The highest BCUT2D eigenvalue weighted by Crippen LogP contribution is 2.17. The van der Waals surface area contributed by atoms with Crippen molar-refractivity contribution >= 4 is 46.0 Å². The molecule has 7 nitrogen and oxygen atoms in total. The summed E-state index contributed by atoms with van der Waals surface area (Å²) in [5, 5.41) is 4.34. The van der Waals surface area contributed by atoms with Crippen LogP contribution in [0.15, 0.2) is 48.5 Å². The molecular formula is C23H27N5O2S. The second-order valence-electron chi connectivity index (χ2n) is 7.36. The number of thiocarbonyl (C=S) groups is 1. The van der Waals surface area contributed by atoms with E-state index < -0.39 is 0 Å². The van der Waals surface area contributed by atoms with Crippen LogP contribution in [0.1, 0.15) is 49.5 Å². The summed E-state index contributed by atoms with van der Waals surface area (Å²) in [6.07, 6.45) is 1.51. The van der Waals surface area contributed by atoms with Gasteiger partial charge in [0.2, 0.25) is 11.9 Å². The molecule has 0 radical (unpaired) electrons. The normalized spacial score (nSPS) is 10.8. The van der Waals surface area contributed by atoms with Crippen molar-refractivity contribution in [2.24, 2.45) is 5.92 Å². The van der Waals surface area contributed by atoms with E-state index in [4.69, 9.17) is 12.2 Å². The standard InChI is InChI=1S/C23H27N5O2S/c1-4-17(5-2)22(30)28(27-15(3)31)14-16-9-8-10-18(13-16)21(29)26-23-24-19-11-6-7-12-20(19)25-23/h6-13,17H,4-5,14H2,1-3H3,(H,27,31)(H2,24,25,26,29). The molecule has 0 saturated heterocycles. The molecule has 0 unspecified atom stereocenters. The minimum atomic E-state index is -0.280. The van der Waals surface area contributed by atoms with Gasteiger partial charge in [-0.3, -0.25) is 25.3 Å². The van der Waals surface area contributed by atoms with Crippen LogP contribution in [0.3, 0.4) is 0 Å². The monoisotopic (exact) mass is 437 g/mol. The van der Waals surface area contributed by atoms with Gasteiger partial charge in [-0.15, -0.1) is 0 Å². The van der Waals surface area contributed by atoms with Crippen LogP contribution >= 0.6 is 12.2 Å². The third-order valence-corrected chi connectivity index (χ3v) is 5.14. The zero-order valence-electron chi connectivity index (χ0n) is 17.9. The van der Waals surface area contributed by atoms with Gasteiger partial charge >= 0.3 is 0 Å². The van der Waals surface area contributed by atoms with Gasteiger partial charge in [-0.05, 0) is 49.6 Å². The summed E-state index contributed by atoms with van der Waals surface area (Å²) in [4.78, 5) is 33.6. The second kappa shape index (κ2) is 10.2. The molecule has 3 N–H and O–H groups in total. The topological polar surface area (TPSA) is 90.1 Å². The molecule has 0 fully saturated rings. The van der Waals surface area contributed by atoms with E-state index in [2.05, 4.69) is 20.7 Å². The molecule has 0 saturated carbocycles. The quantitative estimate of drug-likeness (QED) is 0.376. The van der Waals surface area contributed by atoms with Crippen molar-refractivity contribution in [2.45, 2.75) is 40.2 Å². The van der Waals surface area contributed by atoms with Crippen molar-refractivity contribution in [3.63, 3.8) is 0 Å². The Hall–Kier alpha value is -3.26. The van der Waals surface area contributed by atoms with Crippen molar-refractivity contribution < 1.29 is 9.59 Å². The SMILES string of the molecule is CCC(CC)C(=O)N(Cc1cccc(C(=O)Nc2nc3ccccc3[nH]2)c1)NC(C)=S. The Morgan fingerprint density at radius 3 is 2.55 bits per heavy atom. The number of carbonyl (C=O) groups excluding carboxylic acids is 2. The molecule has 3 rings (SSSR count). The molecule has 0 aliphatic heterocycles. The molecule has 1 aromatic heterocycles. The first-order chi connectivity index (χ1) is 14.9. The van der Waals surface area contributed by atoms with Crippen LogP contribution in [0.4, 0.5) is 5.95 Å². The predicted molar refractivity (Wildman–Crippen MR) is 127 cm³/mol. The van der Waals surface area contributed by atoms with Crippen LogP contribution in [0.5, 0.6) is 0 Å². The number of hydrogen-bond acceptors (Lipinski definition) is 4. The van der Waals surface area contributed by atoms with Gasteiger partial charge in [0.1, 0.15) is 0 Å². The largest absolute Gasteiger partial charge is 0.324 e. The number of aromatic amines is 1. The summed E-state index contributed by atoms with van der Waals surface area (Å²) in [5.74, 6) is 0.0191. The average Bonchev–Trinajstić information content (AvgIpc) is 3.16. The van der Waals surface area contributed by atoms with Crippen molar-refractivity contribution in [1.29, 1.82) is 0 Å². The third kappa shape index (κ3) is 5.67. The Morgan fingerprint density at radius 1 is 1.13 bits per heavy atom. The number of rotatable bonds is 7. The van der Waals surface area contributed by atoms with E-state index in [1.165, 1.54) is 5.01 Å². The predicted octanol–water partition coefficient (Wildman–Crippen LogP) is 4.43. The molecule has 0 aliphatic carbocycles. The molecule has 2 aromatic carbocycles. The number of carbonyl (C=O) groups is 2. The van der Waals surface area contributed by atoms with Gasteiger partial charge in [-0.2, -0.15) is 0 Å². The van der Waals surface area contributed by atoms with E-state index in [1.54, 1.807) is 25.1 Å². The molecule has 31 heavy (non-hydrogen) atoms. The van der Waals surface area contributed by atoms with Crippen molar-refractivity contribution in [3.05, 3.63) is 59.7 Å². The van der Waals surface area contributed by atoms with Gasteiger partial charge in [-0.1, -0.05) is 50.3 Å². The fraction of sp³-hybridized carbons (Fsp3) is 0.304. The number of H-pyrrole nitrogens is 1. The van der Waals surface area contributed by atoms with Crippen LogP contribution in [0.2, 0.25) is 0 Å². The first-order valence-corrected chi connectivity index (χ1v) is 10.8. The number of fused-ring (bicyclic) bond motifs is 1. The van der Waals surface area contributed by atoms with Crippen LogP contribution < -0.4 is 10.7 Å². The molecule has 8 heteroatoms. The number of aromatic nitrogens is 2. The molecule has 3 aromatic rings. The Kier molecular flexibility index (Phi) is 7.36. The van der Waals surface area contributed by atoms with E-state index in [0.29, 0.717) is 23.0 Å². The fourth-order valence-corrected chi connectivity index (χ4v) is 3.52. The maximum Gasteiger partial charge on any atom is 0.257 e. The number of nitrogens with zero attached hydrogens (tertiary/aromatic N) is 2. The maximum atomic E-state index is 12.9.